The van der Waals surface area contributed by atoms with Gasteiger partial charge in [0, 0.05) is 17.5 Å². The van der Waals surface area contributed by atoms with Crippen molar-refractivity contribution in [2.45, 2.75) is 11.8 Å². The maximum atomic E-state index is 12.3. The second-order valence-corrected chi connectivity index (χ2v) is 8.13. The Kier molecular flexibility index (Phi) is 3.90. The molecular weight excluding hydrogens is 318 g/mol. The Hall–Kier alpha value is -1.37. The van der Waals surface area contributed by atoms with Gasteiger partial charge in [0.1, 0.15) is 0 Å². The van der Waals surface area contributed by atoms with Crippen LogP contribution in [0, 0.1) is 6.92 Å². The molecule has 0 spiro atoms. The highest BCUT2D eigenvalue weighted by atomic mass is 35.5. The van der Waals surface area contributed by atoms with Gasteiger partial charge in [0.15, 0.2) is 9.84 Å². The number of nitrogens with two attached hydrogens (primary N) is 1. The van der Waals surface area contributed by atoms with E-state index in [2.05, 4.69) is 0 Å². The number of benzene rings is 1. The maximum absolute atomic E-state index is 12.3. The molecule has 0 aliphatic heterocycles. The van der Waals surface area contributed by atoms with Gasteiger partial charge >= 0.3 is 0 Å². The van der Waals surface area contributed by atoms with E-state index in [0.29, 0.717) is 9.21 Å². The molecule has 0 radical (unpaired) electrons. The van der Waals surface area contributed by atoms with Gasteiger partial charge in [0.2, 0.25) is 5.78 Å². The number of thiophene rings is 1. The molecule has 1 aromatic carbocycles. The Balaban J connectivity index is 2.53. The van der Waals surface area contributed by atoms with Crippen molar-refractivity contribution < 1.29 is 13.2 Å². The predicted octanol–water partition coefficient (Wildman–Crippen LogP) is 2.93. The molecule has 0 unspecified atom stereocenters. The van der Waals surface area contributed by atoms with Crippen molar-refractivity contribution in [3.63, 3.8) is 0 Å². The number of nitrogen functional groups attached to an aromatic ring is 1. The van der Waals surface area contributed by atoms with Gasteiger partial charge in [-0.1, -0.05) is 11.6 Å². The van der Waals surface area contributed by atoms with Gasteiger partial charge < -0.3 is 5.73 Å². The fourth-order valence-corrected chi connectivity index (χ4v) is 3.54. The Bertz CT molecular complexity index is 774. The van der Waals surface area contributed by atoms with Crippen molar-refractivity contribution in [2.24, 2.45) is 0 Å². The van der Waals surface area contributed by atoms with Crippen LogP contribution >= 0.6 is 22.9 Å². The second kappa shape index (κ2) is 5.20. The molecule has 1 heterocycles. The van der Waals surface area contributed by atoms with Crippen LogP contribution in [0.4, 0.5) is 5.69 Å². The number of carbonyl (C=O) groups is 1. The van der Waals surface area contributed by atoms with Crippen LogP contribution in [0.15, 0.2) is 29.2 Å². The van der Waals surface area contributed by atoms with Crippen LogP contribution < -0.4 is 5.73 Å². The van der Waals surface area contributed by atoms with E-state index in [-0.39, 0.29) is 21.9 Å². The third-order valence-electron chi connectivity index (χ3n) is 2.70. The Morgan fingerprint density at radius 3 is 2.40 bits per heavy atom. The first kappa shape index (κ1) is 15.0. The molecule has 0 atom stereocenters. The molecule has 0 aliphatic carbocycles. The number of aryl methyl sites for hydroxylation is 1. The average Bonchev–Trinajstić information content (AvgIpc) is 2.67. The van der Waals surface area contributed by atoms with Gasteiger partial charge in [-0.2, -0.15) is 0 Å². The van der Waals surface area contributed by atoms with Gasteiger partial charge in [-0.25, -0.2) is 8.42 Å². The van der Waals surface area contributed by atoms with E-state index in [4.69, 9.17) is 17.3 Å². The lowest BCUT2D eigenvalue weighted by Crippen LogP contribution is -2.05. The quantitative estimate of drug-likeness (QED) is 0.693. The number of ketones is 1. The van der Waals surface area contributed by atoms with Crippen LogP contribution in [0.2, 0.25) is 4.34 Å². The van der Waals surface area contributed by atoms with Crippen molar-refractivity contribution >= 4 is 44.2 Å². The summed E-state index contributed by atoms with van der Waals surface area (Å²) in [7, 11) is -3.42. The lowest BCUT2D eigenvalue weighted by Gasteiger charge is -2.04. The van der Waals surface area contributed by atoms with E-state index in [1.165, 1.54) is 18.2 Å². The first-order chi connectivity index (χ1) is 9.18. The Morgan fingerprint density at radius 2 is 1.90 bits per heavy atom. The SMILES string of the molecule is Cc1cc(C(=O)c2cc(N)cc(S(C)(=O)=O)c2)sc1Cl. The van der Waals surface area contributed by atoms with Crippen molar-refractivity contribution in [3.8, 4) is 0 Å². The minimum atomic E-state index is -3.42. The van der Waals surface area contributed by atoms with E-state index < -0.39 is 9.84 Å². The molecule has 0 saturated heterocycles. The normalized spacial score (nSPS) is 11.6. The minimum Gasteiger partial charge on any atom is -0.399 e. The standard InChI is InChI=1S/C13H12ClNO3S2/c1-7-3-11(19-13(7)14)12(16)8-4-9(15)6-10(5-8)20(2,17)18/h3-6H,15H2,1-2H3. The van der Waals surface area contributed by atoms with Gasteiger partial charge in [-0.05, 0) is 36.8 Å². The lowest BCUT2D eigenvalue weighted by molar-refractivity contribution is 0.104. The summed E-state index contributed by atoms with van der Waals surface area (Å²) in [5, 5.41) is 0. The highest BCUT2D eigenvalue weighted by Gasteiger charge is 2.17. The van der Waals surface area contributed by atoms with Crippen molar-refractivity contribution in [1.29, 1.82) is 0 Å². The highest BCUT2D eigenvalue weighted by molar-refractivity contribution is 7.90. The summed E-state index contributed by atoms with van der Waals surface area (Å²) in [4.78, 5) is 12.8. The molecule has 0 bridgehead atoms. The summed E-state index contributed by atoms with van der Waals surface area (Å²) in [5.74, 6) is -0.290. The summed E-state index contributed by atoms with van der Waals surface area (Å²) >= 11 is 7.10. The summed E-state index contributed by atoms with van der Waals surface area (Å²) in [6.45, 7) is 1.80. The maximum Gasteiger partial charge on any atom is 0.203 e. The number of halogens is 1. The molecule has 0 aliphatic rings. The van der Waals surface area contributed by atoms with Crippen LogP contribution in [0.3, 0.4) is 0 Å². The molecule has 4 nitrogen and oxygen atoms in total. The summed E-state index contributed by atoms with van der Waals surface area (Å²) in [6, 6.07) is 5.80. The highest BCUT2D eigenvalue weighted by Crippen LogP contribution is 2.29. The second-order valence-electron chi connectivity index (χ2n) is 4.46. The van der Waals surface area contributed by atoms with Gasteiger partial charge in [-0.3, -0.25) is 4.79 Å². The zero-order valence-corrected chi connectivity index (χ0v) is 13.2. The van der Waals surface area contributed by atoms with Crippen LogP contribution in [-0.2, 0) is 9.84 Å². The van der Waals surface area contributed by atoms with Crippen molar-refractivity contribution in [2.75, 3.05) is 12.0 Å². The molecule has 0 saturated carbocycles. The van der Waals surface area contributed by atoms with Crippen LogP contribution in [-0.4, -0.2) is 20.5 Å². The van der Waals surface area contributed by atoms with Crippen LogP contribution in [0.5, 0.6) is 0 Å². The van der Waals surface area contributed by atoms with Crippen molar-refractivity contribution in [1.82, 2.24) is 0 Å². The Morgan fingerprint density at radius 1 is 1.25 bits per heavy atom. The topological polar surface area (TPSA) is 77.2 Å². The summed E-state index contributed by atoms with van der Waals surface area (Å²) < 4.78 is 23.7. The number of sulfone groups is 1. The van der Waals surface area contributed by atoms with E-state index in [0.717, 1.165) is 23.2 Å². The number of hydrogen-bond acceptors (Lipinski definition) is 5. The zero-order chi connectivity index (χ0) is 15.1. The Labute approximate surface area is 126 Å². The molecule has 2 rings (SSSR count). The third-order valence-corrected chi connectivity index (χ3v) is 5.35. The molecule has 0 fully saturated rings. The fraction of sp³-hybridized carbons (Fsp3) is 0.154. The summed E-state index contributed by atoms with van der Waals surface area (Å²) in [5.41, 5.74) is 6.95. The number of rotatable bonds is 3. The van der Waals surface area contributed by atoms with Crippen molar-refractivity contribution in [3.05, 3.63) is 44.6 Å². The van der Waals surface area contributed by atoms with Crippen LogP contribution in [0.1, 0.15) is 20.8 Å². The number of hydrogen-bond donors (Lipinski definition) is 1. The first-order valence-electron chi connectivity index (χ1n) is 5.60. The molecule has 20 heavy (non-hydrogen) atoms. The number of carbonyl (C=O) groups excluding carboxylic acids is 1. The van der Waals surface area contributed by atoms with E-state index in [1.807, 2.05) is 0 Å². The monoisotopic (exact) mass is 329 g/mol. The minimum absolute atomic E-state index is 0.0280. The first-order valence-corrected chi connectivity index (χ1v) is 8.68. The van der Waals surface area contributed by atoms with Gasteiger partial charge in [-0.15, -0.1) is 11.3 Å². The van der Waals surface area contributed by atoms with Gasteiger partial charge in [0.05, 0.1) is 14.1 Å². The molecule has 106 valence electrons. The smallest absolute Gasteiger partial charge is 0.203 e. The molecule has 2 aromatic rings. The van der Waals surface area contributed by atoms with Gasteiger partial charge in [0.25, 0.3) is 0 Å². The molecule has 7 heteroatoms. The zero-order valence-electron chi connectivity index (χ0n) is 10.8. The number of anilines is 1. The summed E-state index contributed by atoms with van der Waals surface area (Å²) in [6.07, 6.45) is 1.07. The molecule has 2 N–H and O–H groups in total. The average molecular weight is 330 g/mol. The van der Waals surface area contributed by atoms with E-state index in [1.54, 1.807) is 13.0 Å². The van der Waals surface area contributed by atoms with E-state index in [9.17, 15) is 13.2 Å². The third kappa shape index (κ3) is 3.03. The van der Waals surface area contributed by atoms with E-state index >= 15 is 0 Å². The van der Waals surface area contributed by atoms with Crippen LogP contribution in [0.25, 0.3) is 0 Å². The largest absolute Gasteiger partial charge is 0.399 e. The lowest BCUT2D eigenvalue weighted by atomic mass is 10.1. The molecule has 1 aromatic heterocycles. The molecular formula is C13H12ClNO3S2. The molecule has 0 amide bonds. The predicted molar refractivity (Wildman–Crippen MR) is 81.5 cm³/mol. The fourth-order valence-electron chi connectivity index (χ4n) is 1.68.